The van der Waals surface area contributed by atoms with Crippen LogP contribution in [0.25, 0.3) is 0 Å². The van der Waals surface area contributed by atoms with E-state index in [0.717, 1.165) is 5.56 Å². The largest absolute Gasteiger partial charge is 0.348 e. The summed E-state index contributed by atoms with van der Waals surface area (Å²) >= 11 is 0. The van der Waals surface area contributed by atoms with Gasteiger partial charge in [0.15, 0.2) is 0 Å². The number of benzene rings is 2. The van der Waals surface area contributed by atoms with E-state index in [1.165, 1.54) is 36.4 Å². The topological polar surface area (TPSA) is 75.3 Å². The highest BCUT2D eigenvalue weighted by molar-refractivity contribution is 7.89. The van der Waals surface area contributed by atoms with E-state index in [2.05, 4.69) is 16.0 Å². The zero-order valence-corrected chi connectivity index (χ0v) is 13.4. The van der Waals surface area contributed by atoms with Crippen molar-refractivity contribution in [1.82, 2.24) is 10.0 Å². The van der Waals surface area contributed by atoms with Gasteiger partial charge in [-0.15, -0.1) is 6.42 Å². The van der Waals surface area contributed by atoms with E-state index in [4.69, 9.17) is 6.42 Å². The third kappa shape index (κ3) is 4.65. The summed E-state index contributed by atoms with van der Waals surface area (Å²) in [7, 11) is -3.76. The lowest BCUT2D eigenvalue weighted by atomic mass is 10.2. The molecule has 0 aliphatic heterocycles. The van der Waals surface area contributed by atoms with E-state index < -0.39 is 15.9 Å². The molecule has 0 unspecified atom stereocenters. The first-order valence-corrected chi connectivity index (χ1v) is 8.46. The second kappa shape index (κ2) is 7.73. The summed E-state index contributed by atoms with van der Waals surface area (Å²) in [4.78, 5) is 12.1. The molecule has 2 aromatic carbocycles. The Bertz CT molecular complexity index is 871. The van der Waals surface area contributed by atoms with Gasteiger partial charge < -0.3 is 5.32 Å². The fraction of sp³-hybridized carbons (Fsp3) is 0.118. The molecule has 0 fully saturated rings. The summed E-state index contributed by atoms with van der Waals surface area (Å²) in [5.41, 5.74) is 0.921. The molecule has 24 heavy (non-hydrogen) atoms. The lowest BCUT2D eigenvalue weighted by molar-refractivity contribution is 0.0950. The van der Waals surface area contributed by atoms with Crippen molar-refractivity contribution >= 4 is 15.9 Å². The Morgan fingerprint density at radius 2 is 1.88 bits per heavy atom. The molecular formula is C17H15FN2O3S. The highest BCUT2D eigenvalue weighted by atomic mass is 32.2. The Labute approximate surface area is 139 Å². The van der Waals surface area contributed by atoms with Crippen LogP contribution >= 0.6 is 0 Å². The maximum atomic E-state index is 12.8. The molecule has 0 spiro atoms. The van der Waals surface area contributed by atoms with Crippen molar-refractivity contribution < 1.29 is 17.6 Å². The summed E-state index contributed by atoms with van der Waals surface area (Å²) in [6.45, 7) is 0.0642. The molecule has 0 saturated carbocycles. The molecule has 2 N–H and O–H groups in total. The summed E-state index contributed by atoms with van der Waals surface area (Å²) in [5, 5.41) is 2.65. The number of hydrogen-bond acceptors (Lipinski definition) is 3. The summed E-state index contributed by atoms with van der Waals surface area (Å²) in [6.07, 6.45) is 5.03. The van der Waals surface area contributed by atoms with Gasteiger partial charge in [0.2, 0.25) is 10.0 Å². The van der Waals surface area contributed by atoms with Gasteiger partial charge in [0, 0.05) is 12.1 Å². The molecule has 0 aliphatic carbocycles. The number of rotatable bonds is 6. The average molecular weight is 346 g/mol. The van der Waals surface area contributed by atoms with Gasteiger partial charge in [-0.3, -0.25) is 4.79 Å². The number of hydrogen-bond donors (Lipinski definition) is 2. The predicted octanol–water partition coefficient (Wildman–Crippen LogP) is 1.67. The van der Waals surface area contributed by atoms with E-state index in [1.54, 1.807) is 12.1 Å². The second-order valence-electron chi connectivity index (χ2n) is 4.87. The predicted molar refractivity (Wildman–Crippen MR) is 88.0 cm³/mol. The Morgan fingerprint density at radius 1 is 1.17 bits per heavy atom. The first-order chi connectivity index (χ1) is 11.4. The number of terminal acetylenes is 1. The molecule has 0 atom stereocenters. The Balaban J connectivity index is 2.09. The fourth-order valence-electron chi connectivity index (χ4n) is 1.91. The van der Waals surface area contributed by atoms with Crippen molar-refractivity contribution in [3.05, 3.63) is 65.5 Å². The molecule has 0 aromatic heterocycles. The van der Waals surface area contributed by atoms with Crippen LogP contribution in [0, 0.1) is 18.2 Å². The van der Waals surface area contributed by atoms with Crippen LogP contribution in [0.2, 0.25) is 0 Å². The molecule has 2 rings (SSSR count). The maximum absolute atomic E-state index is 12.8. The smallest absolute Gasteiger partial charge is 0.251 e. The quantitative estimate of drug-likeness (QED) is 0.781. The van der Waals surface area contributed by atoms with Gasteiger partial charge in [0.05, 0.1) is 11.4 Å². The summed E-state index contributed by atoms with van der Waals surface area (Å²) < 4.78 is 39.1. The summed E-state index contributed by atoms with van der Waals surface area (Å²) in [5.74, 6) is 1.38. The van der Waals surface area contributed by atoms with Crippen LogP contribution in [-0.2, 0) is 16.6 Å². The van der Waals surface area contributed by atoms with Crippen LogP contribution < -0.4 is 10.0 Å². The Kier molecular flexibility index (Phi) is 5.68. The minimum atomic E-state index is -3.76. The van der Waals surface area contributed by atoms with Crippen LogP contribution in [0.15, 0.2) is 53.4 Å². The van der Waals surface area contributed by atoms with Crippen molar-refractivity contribution in [2.24, 2.45) is 0 Å². The van der Waals surface area contributed by atoms with Gasteiger partial charge >= 0.3 is 0 Å². The van der Waals surface area contributed by atoms with Gasteiger partial charge in [-0.1, -0.05) is 24.1 Å². The number of halogens is 1. The van der Waals surface area contributed by atoms with E-state index >= 15 is 0 Å². The molecule has 1 amide bonds. The molecule has 0 radical (unpaired) electrons. The number of nitrogens with one attached hydrogen (secondary N) is 2. The normalized spacial score (nSPS) is 10.8. The van der Waals surface area contributed by atoms with Crippen LogP contribution in [0.1, 0.15) is 15.9 Å². The molecule has 0 aliphatic rings. The molecule has 2 aromatic rings. The third-order valence-electron chi connectivity index (χ3n) is 3.14. The first-order valence-electron chi connectivity index (χ1n) is 6.98. The number of sulfonamides is 1. The van der Waals surface area contributed by atoms with Crippen molar-refractivity contribution in [3.63, 3.8) is 0 Å². The lowest BCUT2D eigenvalue weighted by Crippen LogP contribution is -2.25. The molecule has 0 saturated heterocycles. The van der Waals surface area contributed by atoms with E-state index in [1.807, 2.05) is 0 Å². The van der Waals surface area contributed by atoms with E-state index in [-0.39, 0.29) is 29.4 Å². The minimum absolute atomic E-state index is 0.0489. The Morgan fingerprint density at radius 3 is 2.54 bits per heavy atom. The zero-order valence-electron chi connectivity index (χ0n) is 12.6. The van der Waals surface area contributed by atoms with Gasteiger partial charge in [-0.05, 0) is 35.9 Å². The lowest BCUT2D eigenvalue weighted by Gasteiger charge is -2.08. The van der Waals surface area contributed by atoms with Gasteiger partial charge in [-0.25, -0.2) is 12.8 Å². The van der Waals surface area contributed by atoms with Gasteiger partial charge in [0.1, 0.15) is 5.82 Å². The molecule has 0 heterocycles. The zero-order chi connectivity index (χ0) is 17.6. The second-order valence-corrected chi connectivity index (χ2v) is 6.63. The van der Waals surface area contributed by atoms with Gasteiger partial charge in [-0.2, -0.15) is 4.72 Å². The molecule has 0 bridgehead atoms. The molecule has 5 nitrogen and oxygen atoms in total. The van der Waals surface area contributed by atoms with Crippen molar-refractivity contribution in [1.29, 1.82) is 0 Å². The van der Waals surface area contributed by atoms with Crippen LogP contribution in [0.3, 0.4) is 0 Å². The third-order valence-corrected chi connectivity index (χ3v) is 4.54. The number of carbonyl (C=O) groups excluding carboxylic acids is 1. The van der Waals surface area contributed by atoms with Crippen molar-refractivity contribution in [2.75, 3.05) is 6.54 Å². The maximum Gasteiger partial charge on any atom is 0.251 e. The minimum Gasteiger partial charge on any atom is -0.348 e. The van der Waals surface area contributed by atoms with E-state index in [0.29, 0.717) is 0 Å². The SMILES string of the molecule is C#CCNS(=O)(=O)c1cccc(C(=O)NCc2ccc(F)cc2)c1. The fourth-order valence-corrected chi connectivity index (χ4v) is 2.89. The molecule has 7 heteroatoms. The van der Waals surface area contributed by atoms with Crippen LogP contribution in [0.4, 0.5) is 4.39 Å². The van der Waals surface area contributed by atoms with Gasteiger partial charge in [0.25, 0.3) is 5.91 Å². The summed E-state index contributed by atoms with van der Waals surface area (Å²) in [6, 6.07) is 11.3. The molecule has 124 valence electrons. The van der Waals surface area contributed by atoms with Crippen LogP contribution in [-0.4, -0.2) is 20.9 Å². The van der Waals surface area contributed by atoms with E-state index in [9.17, 15) is 17.6 Å². The monoisotopic (exact) mass is 346 g/mol. The van der Waals surface area contributed by atoms with Crippen molar-refractivity contribution in [2.45, 2.75) is 11.4 Å². The highest BCUT2D eigenvalue weighted by Crippen LogP contribution is 2.12. The first kappa shape index (κ1) is 17.7. The van der Waals surface area contributed by atoms with Crippen LogP contribution in [0.5, 0.6) is 0 Å². The highest BCUT2D eigenvalue weighted by Gasteiger charge is 2.15. The standard InChI is InChI=1S/C17H15FN2O3S/c1-2-10-20-24(22,23)16-5-3-4-14(11-16)17(21)19-12-13-6-8-15(18)9-7-13/h1,3-9,11,20H,10,12H2,(H,19,21). The number of amides is 1. The number of carbonyl (C=O) groups is 1. The molecular weight excluding hydrogens is 331 g/mol. The average Bonchev–Trinajstić information content (AvgIpc) is 2.59. The van der Waals surface area contributed by atoms with Crippen molar-refractivity contribution in [3.8, 4) is 12.3 Å². The Hall–Kier alpha value is -2.69.